The minimum Gasteiger partial charge on any atom is -0.726 e. The van der Waals surface area contributed by atoms with Crippen molar-refractivity contribution in [3.05, 3.63) is 0 Å². The molecule has 29 nitrogen and oxygen atoms in total. The van der Waals surface area contributed by atoms with Crippen molar-refractivity contribution in [3.63, 3.8) is 0 Å². The number of rotatable bonds is 17. The number of aliphatic hydroxyl groups is 2. The fourth-order valence-electron chi connectivity index (χ4n) is 3.84. The Kier molecular flexibility index (Phi) is 38.6. The van der Waals surface area contributed by atoms with Crippen molar-refractivity contribution >= 4 is 62.4 Å². The standard InChI is InChI=1S/C12H22O29S6.6K/c13-1-4-6(14)8(39-45(24,25)26)9(40-46(27,28)29)11(35-4)37-12(3-34-43(18,19)20)10(41-47(30,31)32)7(38-44(21,22)23)5(36-12)2-33-42(15,16)17;;;;;;/h4-11,13-14H,1-3H2,(H,15,16,17)(H,18,19,20)(H,21,22,23)(H,24,25,26)(H,27,28,29)(H,30,31,32);;;;;;/q;6*+1/p-6/t4-,5-,6-,7-,8+,9-,10+,11?,12+;;;;;;/m1....../s1. The van der Waals surface area contributed by atoms with Gasteiger partial charge in [-0.1, -0.05) is 0 Å². The molecule has 2 N–H and O–H groups in total. The van der Waals surface area contributed by atoms with Gasteiger partial charge in [-0.25, -0.2) is 50.5 Å². The van der Waals surface area contributed by atoms with Crippen LogP contribution < -0.4 is 308 Å². The fourth-order valence-corrected chi connectivity index (χ4v) is 6.42. The topological polar surface area (TPSA) is 467 Å². The van der Waals surface area contributed by atoms with Gasteiger partial charge in [0.05, 0.1) is 13.2 Å². The van der Waals surface area contributed by atoms with Gasteiger partial charge in [-0.05, 0) is 0 Å². The summed E-state index contributed by atoms with van der Waals surface area (Å²) >= 11 is 0. The van der Waals surface area contributed by atoms with Crippen LogP contribution in [-0.4, -0.2) is 163 Å². The number of ether oxygens (including phenoxy) is 3. The van der Waals surface area contributed by atoms with Crippen molar-refractivity contribution in [2.45, 2.75) is 54.8 Å². The first-order valence-corrected chi connectivity index (χ1v) is 18.9. The minimum absolute atomic E-state index is 0. The van der Waals surface area contributed by atoms with Gasteiger partial charge in [0.2, 0.25) is 68.2 Å². The van der Waals surface area contributed by atoms with E-state index in [4.69, 9.17) is 14.2 Å². The molecule has 2 heterocycles. The molecule has 0 aromatic heterocycles. The maximum Gasteiger partial charge on any atom is 1.00 e. The second kappa shape index (κ2) is 28.9. The minimum atomic E-state index is -6.36. The van der Waals surface area contributed by atoms with Gasteiger partial charge in [0.1, 0.15) is 37.1 Å². The molecule has 2 aliphatic heterocycles. The Balaban J connectivity index is -0.00000128. The SMILES string of the molecule is O=S(=O)([O-])OC[C@H]1O[C@@](COS(=O)(=O)[O-])(OC2O[C@H](CO)[C@@H](O)[C@H](OS(=O)(=O)[O-])[C@H]2OS(=O)(=O)[O-])[C@@H](OS(=O)(=O)[O-])[C@@H]1OS(=O)(=O)[O-].[K+].[K+].[K+].[K+].[K+].[K+]. The molecule has 2 aliphatic rings. The van der Waals surface area contributed by atoms with E-state index in [1.165, 1.54) is 0 Å². The van der Waals surface area contributed by atoms with Crippen molar-refractivity contribution < 1.29 is 436 Å². The van der Waals surface area contributed by atoms with Crippen LogP contribution in [-0.2, 0) is 102 Å². The summed E-state index contributed by atoms with van der Waals surface area (Å²) in [6.45, 7) is -5.71. The van der Waals surface area contributed by atoms with E-state index in [-0.39, 0.29) is 308 Å². The van der Waals surface area contributed by atoms with Crippen LogP contribution in [0.4, 0.5) is 0 Å². The van der Waals surface area contributed by atoms with Gasteiger partial charge >= 0.3 is 308 Å². The second-order valence-electron chi connectivity index (χ2n) is 8.50. The van der Waals surface area contributed by atoms with Crippen LogP contribution in [0, 0.1) is 0 Å². The molecule has 0 aromatic rings. The van der Waals surface area contributed by atoms with Crippen LogP contribution in [0.25, 0.3) is 0 Å². The summed E-state index contributed by atoms with van der Waals surface area (Å²) in [5, 5.41) is 19.8. The summed E-state index contributed by atoms with van der Waals surface area (Å²) in [6, 6.07) is 0. The summed E-state index contributed by atoms with van der Waals surface area (Å²) in [5.41, 5.74) is 0. The zero-order chi connectivity index (χ0) is 36.6. The molecule has 9 atom stereocenters. The zero-order valence-corrected chi connectivity index (χ0v) is 51.2. The fraction of sp³-hybridized carbons (Fsp3) is 1.00. The third-order valence-electron chi connectivity index (χ3n) is 5.25. The first-order chi connectivity index (χ1) is 20.8. The van der Waals surface area contributed by atoms with E-state index in [1.807, 2.05) is 0 Å². The molecule has 0 aromatic carbocycles. The van der Waals surface area contributed by atoms with E-state index in [0.717, 1.165) is 0 Å². The molecule has 0 amide bonds. The van der Waals surface area contributed by atoms with E-state index in [1.54, 1.807) is 0 Å². The largest absolute Gasteiger partial charge is 1.00 e. The predicted octanol–water partition coefficient (Wildman–Crippen LogP) is -26.5. The second-order valence-corrected chi connectivity index (χ2v) is 14.6. The summed E-state index contributed by atoms with van der Waals surface area (Å²) in [7, 11) is -36.9. The summed E-state index contributed by atoms with van der Waals surface area (Å²) in [4.78, 5) is 0. The molecule has 280 valence electrons. The van der Waals surface area contributed by atoms with Gasteiger partial charge in [0.25, 0.3) is 0 Å². The third kappa shape index (κ3) is 27.3. The van der Waals surface area contributed by atoms with Crippen molar-refractivity contribution in [2.24, 2.45) is 0 Å². The van der Waals surface area contributed by atoms with Crippen LogP contribution in [0.1, 0.15) is 0 Å². The smallest absolute Gasteiger partial charge is 0.726 e. The number of aliphatic hydroxyl groups excluding tert-OH is 2. The average molecular weight is 1050 g/mol. The van der Waals surface area contributed by atoms with Crippen LogP contribution in [0.5, 0.6) is 0 Å². The Morgan fingerprint density at radius 2 is 0.943 bits per heavy atom. The van der Waals surface area contributed by atoms with E-state index in [0.29, 0.717) is 0 Å². The van der Waals surface area contributed by atoms with Gasteiger partial charge < -0.3 is 51.7 Å². The van der Waals surface area contributed by atoms with Crippen molar-refractivity contribution in [1.29, 1.82) is 0 Å². The first-order valence-electron chi connectivity index (χ1n) is 10.9. The van der Waals surface area contributed by atoms with Crippen LogP contribution in [0.2, 0.25) is 0 Å². The van der Waals surface area contributed by atoms with Gasteiger partial charge in [-0.3, -0.25) is 25.1 Å². The Labute approximate surface area is 557 Å². The van der Waals surface area contributed by atoms with Gasteiger partial charge in [0.15, 0.2) is 18.5 Å². The van der Waals surface area contributed by atoms with Crippen molar-refractivity contribution in [1.82, 2.24) is 0 Å². The molecule has 1 unspecified atom stereocenters. The van der Waals surface area contributed by atoms with E-state index in [9.17, 15) is 88.0 Å². The van der Waals surface area contributed by atoms with Gasteiger partial charge in [-0.2, -0.15) is 0 Å². The molecule has 0 bridgehead atoms. The number of hydrogen-bond donors (Lipinski definition) is 2. The van der Waals surface area contributed by atoms with E-state index < -0.39 is 137 Å². The Morgan fingerprint density at radius 3 is 1.32 bits per heavy atom. The molecule has 2 fully saturated rings. The van der Waals surface area contributed by atoms with Crippen LogP contribution in [0.15, 0.2) is 0 Å². The molecule has 41 heteroatoms. The summed E-state index contributed by atoms with van der Waals surface area (Å²) in [5.74, 6) is -3.99. The van der Waals surface area contributed by atoms with Crippen molar-refractivity contribution in [3.8, 4) is 0 Å². The molecule has 2 rings (SSSR count). The van der Waals surface area contributed by atoms with Gasteiger partial charge in [0, 0.05) is 0 Å². The Hall–Kier alpha value is 8.84. The molecule has 0 aliphatic carbocycles. The molecule has 0 saturated carbocycles. The van der Waals surface area contributed by atoms with Crippen LogP contribution in [0.3, 0.4) is 0 Å². The summed E-state index contributed by atoms with van der Waals surface area (Å²) in [6.07, 6.45) is -23.8. The molecular formula is C12H16K6O29S6. The van der Waals surface area contributed by atoms with Gasteiger partial charge in [-0.15, -0.1) is 0 Å². The normalized spacial score (nSPS) is 29.4. The maximum atomic E-state index is 11.6. The van der Waals surface area contributed by atoms with Crippen molar-refractivity contribution in [2.75, 3.05) is 19.8 Å². The molecule has 0 radical (unpaired) electrons. The van der Waals surface area contributed by atoms with E-state index >= 15 is 0 Å². The quantitative estimate of drug-likeness (QED) is 0.0776. The van der Waals surface area contributed by atoms with Crippen LogP contribution >= 0.6 is 0 Å². The molecule has 53 heavy (non-hydrogen) atoms. The Morgan fingerprint density at radius 1 is 0.547 bits per heavy atom. The molecule has 0 spiro atoms. The first kappa shape index (κ1) is 70.8. The predicted molar refractivity (Wildman–Crippen MR) is 120 cm³/mol. The monoisotopic (exact) mass is 1050 g/mol. The third-order valence-corrected chi connectivity index (χ3v) is 7.90. The molecule has 2 saturated heterocycles. The summed E-state index contributed by atoms with van der Waals surface area (Å²) < 4.78 is 242. The van der Waals surface area contributed by atoms with E-state index in [2.05, 4.69) is 25.1 Å². The average Bonchev–Trinajstić information content (AvgIpc) is 3.08. The molecular weight excluding hydrogens is 1040 g/mol. The number of hydrogen-bond acceptors (Lipinski definition) is 29. The zero-order valence-electron chi connectivity index (χ0n) is 27.6. The maximum absolute atomic E-state index is 11.6. The Bertz CT molecular complexity index is 1790.